The fraction of sp³-hybridized carbons (Fsp3) is 0.750. The second kappa shape index (κ2) is 4.79. The van der Waals surface area contributed by atoms with E-state index in [1.165, 1.54) is 5.56 Å². The first-order valence-electron chi connectivity index (χ1n) is 5.68. The molecule has 1 rings (SSSR count). The summed E-state index contributed by atoms with van der Waals surface area (Å²) < 4.78 is 1.88. The molecule has 86 valence electrons. The van der Waals surface area contributed by atoms with Crippen LogP contribution in [0.25, 0.3) is 0 Å². The maximum Gasteiger partial charge on any atom is 0.0641 e. The van der Waals surface area contributed by atoms with E-state index in [-0.39, 0.29) is 0 Å². The average molecular weight is 209 g/mol. The van der Waals surface area contributed by atoms with Crippen LogP contribution in [0.15, 0.2) is 6.20 Å². The molecule has 0 radical (unpaired) electrons. The second-order valence-corrected chi connectivity index (χ2v) is 4.76. The van der Waals surface area contributed by atoms with Crippen LogP contribution in [0, 0.1) is 12.8 Å². The van der Waals surface area contributed by atoms with Crippen molar-refractivity contribution >= 4 is 0 Å². The third kappa shape index (κ3) is 3.06. The molecule has 1 aromatic rings. The van der Waals surface area contributed by atoms with Gasteiger partial charge in [-0.25, -0.2) is 0 Å². The summed E-state index contributed by atoms with van der Waals surface area (Å²) in [6.45, 7) is 11.0. The summed E-state index contributed by atoms with van der Waals surface area (Å²) in [5, 5.41) is 7.96. The summed E-state index contributed by atoms with van der Waals surface area (Å²) in [4.78, 5) is 0. The zero-order valence-corrected chi connectivity index (χ0v) is 10.7. The molecule has 0 aliphatic heterocycles. The SMILES string of the molecule is Cc1nn(C)cc1C(C)NC(C)C(C)C. The van der Waals surface area contributed by atoms with E-state index in [4.69, 9.17) is 0 Å². The van der Waals surface area contributed by atoms with E-state index in [1.54, 1.807) is 0 Å². The van der Waals surface area contributed by atoms with Crippen LogP contribution in [0.5, 0.6) is 0 Å². The van der Waals surface area contributed by atoms with Crippen LogP contribution >= 0.6 is 0 Å². The summed E-state index contributed by atoms with van der Waals surface area (Å²) in [5.74, 6) is 0.657. The summed E-state index contributed by atoms with van der Waals surface area (Å²) in [5.41, 5.74) is 2.42. The van der Waals surface area contributed by atoms with Crippen molar-refractivity contribution in [3.63, 3.8) is 0 Å². The topological polar surface area (TPSA) is 29.9 Å². The van der Waals surface area contributed by atoms with Crippen molar-refractivity contribution < 1.29 is 0 Å². The lowest BCUT2D eigenvalue weighted by Crippen LogP contribution is -2.33. The fourth-order valence-corrected chi connectivity index (χ4v) is 1.72. The van der Waals surface area contributed by atoms with Crippen LogP contribution in [-0.2, 0) is 7.05 Å². The Morgan fingerprint density at radius 2 is 1.87 bits per heavy atom. The number of aromatic nitrogens is 2. The molecule has 0 aliphatic rings. The van der Waals surface area contributed by atoms with Gasteiger partial charge in [0.25, 0.3) is 0 Å². The lowest BCUT2D eigenvalue weighted by molar-refractivity contribution is 0.388. The Hall–Kier alpha value is -0.830. The maximum atomic E-state index is 4.36. The van der Waals surface area contributed by atoms with Gasteiger partial charge in [-0.15, -0.1) is 0 Å². The highest BCUT2D eigenvalue weighted by Crippen LogP contribution is 2.17. The molecule has 0 bridgehead atoms. The summed E-state index contributed by atoms with van der Waals surface area (Å²) >= 11 is 0. The minimum Gasteiger partial charge on any atom is -0.307 e. The molecule has 2 unspecified atom stereocenters. The Labute approximate surface area is 92.9 Å². The number of aryl methyl sites for hydroxylation is 2. The molecule has 0 aromatic carbocycles. The van der Waals surface area contributed by atoms with Gasteiger partial charge in [0.1, 0.15) is 0 Å². The molecule has 2 atom stereocenters. The van der Waals surface area contributed by atoms with E-state index < -0.39 is 0 Å². The average Bonchev–Trinajstić information content (AvgIpc) is 2.44. The van der Waals surface area contributed by atoms with E-state index in [1.807, 2.05) is 11.7 Å². The molecular weight excluding hydrogens is 186 g/mol. The minimum atomic E-state index is 0.371. The van der Waals surface area contributed by atoms with E-state index >= 15 is 0 Å². The minimum absolute atomic E-state index is 0.371. The first-order valence-corrected chi connectivity index (χ1v) is 5.68. The van der Waals surface area contributed by atoms with Crippen LogP contribution in [0.4, 0.5) is 0 Å². The molecule has 0 fully saturated rings. The Balaban J connectivity index is 2.68. The quantitative estimate of drug-likeness (QED) is 0.825. The Morgan fingerprint density at radius 1 is 1.27 bits per heavy atom. The molecule has 0 amide bonds. The third-order valence-electron chi connectivity index (χ3n) is 3.03. The molecule has 1 aromatic heterocycles. The highest BCUT2D eigenvalue weighted by atomic mass is 15.3. The highest BCUT2D eigenvalue weighted by molar-refractivity contribution is 5.19. The molecular formula is C12H23N3. The molecule has 0 saturated heterocycles. The van der Waals surface area contributed by atoms with E-state index in [0.717, 1.165) is 5.69 Å². The smallest absolute Gasteiger partial charge is 0.0641 e. The van der Waals surface area contributed by atoms with Gasteiger partial charge in [0.15, 0.2) is 0 Å². The molecule has 3 heteroatoms. The van der Waals surface area contributed by atoms with Crippen molar-refractivity contribution in [1.29, 1.82) is 0 Å². The number of nitrogens with zero attached hydrogens (tertiary/aromatic N) is 2. The van der Waals surface area contributed by atoms with Crippen molar-refractivity contribution in [3.05, 3.63) is 17.5 Å². The fourth-order valence-electron chi connectivity index (χ4n) is 1.72. The predicted molar refractivity (Wildman–Crippen MR) is 63.8 cm³/mol. The monoisotopic (exact) mass is 209 g/mol. The van der Waals surface area contributed by atoms with Crippen LogP contribution in [0.3, 0.4) is 0 Å². The van der Waals surface area contributed by atoms with Crippen LogP contribution in [0.1, 0.15) is 45.0 Å². The highest BCUT2D eigenvalue weighted by Gasteiger charge is 2.15. The van der Waals surface area contributed by atoms with Crippen molar-refractivity contribution in [1.82, 2.24) is 15.1 Å². The lowest BCUT2D eigenvalue weighted by Gasteiger charge is -2.22. The molecule has 3 nitrogen and oxygen atoms in total. The molecule has 1 N–H and O–H groups in total. The Kier molecular flexibility index (Phi) is 3.91. The largest absolute Gasteiger partial charge is 0.307 e. The van der Waals surface area contributed by atoms with Gasteiger partial charge in [-0.05, 0) is 26.7 Å². The number of rotatable bonds is 4. The number of nitrogens with one attached hydrogen (secondary N) is 1. The van der Waals surface area contributed by atoms with Crippen molar-refractivity contribution in [2.75, 3.05) is 0 Å². The summed E-state index contributed by atoms with van der Waals surface area (Å²) in [6, 6.07) is 0.899. The summed E-state index contributed by atoms with van der Waals surface area (Å²) in [7, 11) is 1.97. The van der Waals surface area contributed by atoms with Crippen LogP contribution in [0.2, 0.25) is 0 Å². The Bertz CT molecular complexity index is 315. The zero-order valence-electron chi connectivity index (χ0n) is 10.7. The van der Waals surface area contributed by atoms with Gasteiger partial charge in [-0.2, -0.15) is 5.10 Å². The van der Waals surface area contributed by atoms with Crippen LogP contribution < -0.4 is 5.32 Å². The third-order valence-corrected chi connectivity index (χ3v) is 3.03. The van der Waals surface area contributed by atoms with Gasteiger partial charge in [0.05, 0.1) is 5.69 Å². The van der Waals surface area contributed by atoms with Gasteiger partial charge >= 0.3 is 0 Å². The standard InChI is InChI=1S/C12H23N3/c1-8(2)9(3)13-10(4)12-7-15(6)14-11(12)5/h7-10,13H,1-6H3. The van der Waals surface area contributed by atoms with Gasteiger partial charge in [0.2, 0.25) is 0 Å². The van der Waals surface area contributed by atoms with Gasteiger partial charge in [0, 0.05) is 30.9 Å². The number of hydrogen-bond acceptors (Lipinski definition) is 2. The molecule has 1 heterocycles. The van der Waals surface area contributed by atoms with Crippen molar-refractivity contribution in [3.8, 4) is 0 Å². The maximum absolute atomic E-state index is 4.36. The summed E-state index contributed by atoms with van der Waals surface area (Å²) in [6.07, 6.45) is 2.10. The number of hydrogen-bond donors (Lipinski definition) is 1. The van der Waals surface area contributed by atoms with E-state index in [2.05, 4.69) is 51.2 Å². The zero-order chi connectivity index (χ0) is 11.6. The van der Waals surface area contributed by atoms with E-state index in [9.17, 15) is 0 Å². The lowest BCUT2D eigenvalue weighted by atomic mass is 10.0. The van der Waals surface area contributed by atoms with Crippen molar-refractivity contribution in [2.45, 2.75) is 46.7 Å². The second-order valence-electron chi connectivity index (χ2n) is 4.76. The van der Waals surface area contributed by atoms with Gasteiger partial charge < -0.3 is 5.32 Å². The molecule has 15 heavy (non-hydrogen) atoms. The van der Waals surface area contributed by atoms with Crippen molar-refractivity contribution in [2.24, 2.45) is 13.0 Å². The van der Waals surface area contributed by atoms with E-state index in [0.29, 0.717) is 18.0 Å². The van der Waals surface area contributed by atoms with Gasteiger partial charge in [-0.1, -0.05) is 13.8 Å². The van der Waals surface area contributed by atoms with Gasteiger partial charge in [-0.3, -0.25) is 4.68 Å². The molecule has 0 spiro atoms. The predicted octanol–water partition coefficient (Wildman–Crippen LogP) is 2.42. The Morgan fingerprint density at radius 3 is 2.27 bits per heavy atom. The first-order chi connectivity index (χ1) is 6.91. The normalized spacial score (nSPS) is 15.7. The molecule has 0 saturated carbocycles. The van der Waals surface area contributed by atoms with Crippen LogP contribution in [-0.4, -0.2) is 15.8 Å². The molecule has 0 aliphatic carbocycles. The first kappa shape index (κ1) is 12.2.